The minimum absolute atomic E-state index is 0.270. The number of anilines is 6. The number of benzene rings is 11. The van der Waals surface area contributed by atoms with Gasteiger partial charge < -0.3 is 14.4 Å². The van der Waals surface area contributed by atoms with Crippen molar-refractivity contribution in [2.45, 2.75) is 0 Å². The fourth-order valence-electron chi connectivity index (χ4n) is 11.0. The Morgan fingerprint density at radius 3 is 1.20 bits per heavy atom. The molecule has 0 radical (unpaired) electrons. The third-order valence-electron chi connectivity index (χ3n) is 14.8. The molecule has 0 saturated heterocycles. The molecule has 0 aliphatic rings. The van der Waals surface area contributed by atoms with Gasteiger partial charge in [0.2, 0.25) is 0 Å². The first-order valence-corrected chi connectivity index (χ1v) is 26.9. The smallest absolute Gasteiger partial charge is 0.187 e. The lowest BCUT2D eigenvalue weighted by Gasteiger charge is -2.26. The maximum absolute atomic E-state index is 10.7. The van der Waals surface area contributed by atoms with E-state index in [-0.39, 0.29) is 11.1 Å². The zero-order chi connectivity index (χ0) is 56.2. The first kappa shape index (κ1) is 50.4. The van der Waals surface area contributed by atoms with Crippen LogP contribution in [0.2, 0.25) is 0 Å². The van der Waals surface area contributed by atoms with Crippen LogP contribution in [0.1, 0.15) is 11.1 Å². The topological polar surface area (TPSA) is 93.5 Å². The Hall–Kier alpha value is -12.1. The summed E-state index contributed by atoms with van der Waals surface area (Å²) in [5.41, 5.74) is 17.0. The van der Waals surface area contributed by atoms with Gasteiger partial charge in [-0.15, -0.1) is 0 Å². The van der Waals surface area contributed by atoms with Crippen LogP contribution in [0, 0.1) is 35.8 Å². The molecule has 0 spiro atoms. The highest BCUT2D eigenvalue weighted by Gasteiger charge is 2.22. The van der Waals surface area contributed by atoms with Gasteiger partial charge >= 0.3 is 0 Å². The molecule has 0 aliphatic heterocycles. The highest BCUT2D eigenvalue weighted by Crippen LogP contribution is 2.44. The number of hydrogen-bond acceptors (Lipinski definition) is 6. The molecule has 386 valence electrons. The Bertz CT molecular complexity index is 4430. The van der Waals surface area contributed by atoms with Crippen LogP contribution < -0.4 is 9.80 Å². The van der Waals surface area contributed by atoms with Crippen LogP contribution in [0.4, 0.5) is 45.5 Å². The molecule has 13 rings (SSSR count). The maximum atomic E-state index is 10.7. The Kier molecular flexibility index (Phi) is 13.3. The minimum atomic E-state index is 0.270. The molecule has 9 nitrogen and oxygen atoms in total. The van der Waals surface area contributed by atoms with Gasteiger partial charge in [0, 0.05) is 61.7 Å². The van der Waals surface area contributed by atoms with Gasteiger partial charge in [0.1, 0.15) is 0 Å². The summed E-state index contributed by atoms with van der Waals surface area (Å²) in [6, 6.07) is 96.4. The summed E-state index contributed by atoms with van der Waals surface area (Å²) in [7, 11) is 0. The zero-order valence-corrected chi connectivity index (χ0v) is 44.5. The van der Waals surface area contributed by atoms with Gasteiger partial charge in [0.05, 0.1) is 58.8 Å². The SMILES string of the molecule is [C-]#[N+]c1cccc(-c2cc(-c3c(C#N)cc(-c4ccc(-c5ccc(-n6c7ccc(N(c8ccccc8)c8ccccc8)cc7c7cc(N(c8ccccc8)c8ccccc8)ccc76)cc5)cc4)cc3C#N)nc(-c3cccc([N+]#[C-])c3)n2)c1. The number of hydrogen-bond donors (Lipinski definition) is 0. The molecule has 0 fully saturated rings. The lowest BCUT2D eigenvalue weighted by atomic mass is 9.92. The van der Waals surface area contributed by atoms with Crippen molar-refractivity contribution in [3.05, 3.63) is 307 Å². The van der Waals surface area contributed by atoms with Gasteiger partial charge in [-0.05, 0) is 155 Å². The second-order valence-electron chi connectivity index (χ2n) is 19.8. The highest BCUT2D eigenvalue weighted by molar-refractivity contribution is 6.12. The van der Waals surface area contributed by atoms with Gasteiger partial charge in [-0.1, -0.05) is 146 Å². The number of fused-ring (bicyclic) bond motifs is 3. The van der Waals surface area contributed by atoms with Crippen molar-refractivity contribution in [3.63, 3.8) is 0 Å². The van der Waals surface area contributed by atoms with Crippen molar-refractivity contribution in [2.75, 3.05) is 9.80 Å². The summed E-state index contributed by atoms with van der Waals surface area (Å²) in [6.07, 6.45) is 0. The molecular formula is C74H45N9. The van der Waals surface area contributed by atoms with E-state index in [0.29, 0.717) is 50.8 Å². The van der Waals surface area contributed by atoms with E-state index in [4.69, 9.17) is 23.1 Å². The standard InChI is InChI=1S/C74H45N9/c1-77-58-19-15-17-53(43-58)69-47-70(80-74(79-69)54-18-16-20-59(44-54)78-2)73-56(48-75)41-55(42-57(73)49-76)52-31-29-50(30-32-52)51-33-35-64(36-34-51)83-71-39-37-65(81(60-21-7-3-8-22-60)61-23-9-4-10-24-61)45-67(71)68-46-66(38-40-72(68)83)82(62-25-11-5-12-26-62)63-27-13-6-14-28-63/h3-47H. The molecule has 9 heteroatoms. The summed E-state index contributed by atoms with van der Waals surface area (Å²) >= 11 is 0. The highest BCUT2D eigenvalue weighted by atomic mass is 15.1. The molecule has 13 aromatic rings. The van der Waals surface area contributed by atoms with Crippen molar-refractivity contribution in [3.8, 4) is 74.0 Å². The molecule has 2 aromatic heterocycles. The van der Waals surface area contributed by atoms with Crippen LogP contribution in [-0.2, 0) is 0 Å². The van der Waals surface area contributed by atoms with Crippen LogP contribution in [0.15, 0.2) is 273 Å². The Morgan fingerprint density at radius 2 is 0.759 bits per heavy atom. The normalized spacial score (nSPS) is 10.8. The summed E-state index contributed by atoms with van der Waals surface area (Å²) in [5.74, 6) is 0.319. The number of nitriles is 2. The first-order valence-electron chi connectivity index (χ1n) is 26.9. The fraction of sp³-hybridized carbons (Fsp3) is 0. The van der Waals surface area contributed by atoms with Gasteiger partial charge in [-0.3, -0.25) is 0 Å². The third kappa shape index (κ3) is 9.73. The second-order valence-corrected chi connectivity index (χ2v) is 19.8. The quantitative estimate of drug-likeness (QED) is 0.113. The van der Waals surface area contributed by atoms with Gasteiger partial charge in [-0.2, -0.15) is 10.5 Å². The summed E-state index contributed by atoms with van der Waals surface area (Å²) in [6.45, 7) is 15.2. The van der Waals surface area contributed by atoms with E-state index < -0.39 is 0 Å². The lowest BCUT2D eigenvalue weighted by molar-refractivity contribution is 1.18. The molecule has 11 aromatic carbocycles. The molecule has 0 atom stereocenters. The predicted octanol–water partition coefficient (Wildman–Crippen LogP) is 19.7. The molecule has 0 N–H and O–H groups in total. The summed E-state index contributed by atoms with van der Waals surface area (Å²) in [4.78, 5) is 21.6. The van der Waals surface area contributed by atoms with E-state index in [1.54, 1.807) is 54.6 Å². The minimum Gasteiger partial charge on any atom is -0.310 e. The third-order valence-corrected chi connectivity index (χ3v) is 14.8. The van der Waals surface area contributed by atoms with Crippen LogP contribution in [0.5, 0.6) is 0 Å². The number of aromatic nitrogens is 3. The van der Waals surface area contributed by atoms with Crippen molar-refractivity contribution in [1.29, 1.82) is 10.5 Å². The first-order chi connectivity index (χ1) is 40.9. The molecule has 0 saturated carbocycles. The Labute approximate surface area is 480 Å². The molecule has 0 bridgehead atoms. The van der Waals surface area contributed by atoms with E-state index in [2.05, 4.69) is 206 Å². The average Bonchev–Trinajstić information content (AvgIpc) is 4.16. The van der Waals surface area contributed by atoms with E-state index in [1.165, 1.54) is 0 Å². The van der Waals surface area contributed by atoms with E-state index >= 15 is 0 Å². The maximum Gasteiger partial charge on any atom is 0.187 e. The van der Waals surface area contributed by atoms with Crippen molar-refractivity contribution >= 4 is 67.3 Å². The van der Waals surface area contributed by atoms with Crippen molar-refractivity contribution in [2.24, 2.45) is 0 Å². The van der Waals surface area contributed by atoms with Crippen LogP contribution in [-0.4, -0.2) is 14.5 Å². The van der Waals surface area contributed by atoms with E-state index in [0.717, 1.165) is 78.3 Å². The second kappa shape index (κ2) is 21.9. The van der Waals surface area contributed by atoms with E-state index in [1.807, 2.05) is 48.5 Å². The average molecular weight is 1060 g/mol. The van der Waals surface area contributed by atoms with Crippen LogP contribution in [0.3, 0.4) is 0 Å². The molecule has 0 unspecified atom stereocenters. The summed E-state index contributed by atoms with van der Waals surface area (Å²) < 4.78 is 2.35. The number of para-hydroxylation sites is 4. The van der Waals surface area contributed by atoms with Crippen LogP contribution in [0.25, 0.3) is 93.3 Å². The van der Waals surface area contributed by atoms with Crippen LogP contribution >= 0.6 is 0 Å². The summed E-state index contributed by atoms with van der Waals surface area (Å²) in [5, 5.41) is 23.7. The molecule has 0 amide bonds. The lowest BCUT2D eigenvalue weighted by Crippen LogP contribution is -2.09. The monoisotopic (exact) mass is 1060 g/mol. The molecule has 83 heavy (non-hydrogen) atoms. The number of nitrogens with zero attached hydrogens (tertiary/aromatic N) is 9. The largest absolute Gasteiger partial charge is 0.310 e. The predicted molar refractivity (Wildman–Crippen MR) is 335 cm³/mol. The van der Waals surface area contributed by atoms with E-state index in [9.17, 15) is 10.5 Å². The molecule has 2 heterocycles. The van der Waals surface area contributed by atoms with Crippen molar-refractivity contribution < 1.29 is 0 Å². The fourth-order valence-corrected chi connectivity index (χ4v) is 11.0. The molecule has 0 aliphatic carbocycles. The van der Waals surface area contributed by atoms with Gasteiger partial charge in [0.15, 0.2) is 17.2 Å². The molecular weight excluding hydrogens is 1010 g/mol. The number of rotatable bonds is 12. The zero-order valence-electron chi connectivity index (χ0n) is 44.5. The Balaban J connectivity index is 0.870. The van der Waals surface area contributed by atoms with Crippen molar-refractivity contribution in [1.82, 2.24) is 14.5 Å². The Morgan fingerprint density at radius 1 is 0.349 bits per heavy atom. The van der Waals surface area contributed by atoms with Gasteiger partial charge in [-0.25, -0.2) is 19.7 Å². The van der Waals surface area contributed by atoms with Gasteiger partial charge in [0.25, 0.3) is 0 Å².